The van der Waals surface area contributed by atoms with E-state index in [4.69, 9.17) is 5.73 Å². The normalized spacial score (nSPS) is 14.6. The van der Waals surface area contributed by atoms with E-state index in [0.717, 1.165) is 30.0 Å². The van der Waals surface area contributed by atoms with Gasteiger partial charge in [-0.3, -0.25) is 8.89 Å². The fourth-order valence-electron chi connectivity index (χ4n) is 1.68. The summed E-state index contributed by atoms with van der Waals surface area (Å²) in [6.07, 6.45) is 3.41. The van der Waals surface area contributed by atoms with E-state index < -0.39 is 10.8 Å². The zero-order chi connectivity index (χ0) is 13.0. The van der Waals surface area contributed by atoms with E-state index in [0.29, 0.717) is 5.75 Å². The number of nitrogen functional groups attached to an aromatic ring is 1. The number of nitrogens with zero attached hydrogens (tertiary/aromatic N) is 2. The van der Waals surface area contributed by atoms with Gasteiger partial charge >= 0.3 is 0 Å². The van der Waals surface area contributed by atoms with E-state index >= 15 is 0 Å². The van der Waals surface area contributed by atoms with Crippen molar-refractivity contribution in [2.24, 2.45) is 7.05 Å². The fourth-order valence-corrected chi connectivity index (χ4v) is 2.36. The van der Waals surface area contributed by atoms with Crippen molar-refractivity contribution in [1.82, 2.24) is 9.78 Å². The predicted molar refractivity (Wildman–Crippen MR) is 73.6 cm³/mol. The van der Waals surface area contributed by atoms with Crippen LogP contribution in [-0.4, -0.2) is 32.0 Å². The number of hydrogen-bond acceptors (Lipinski definition) is 4. The van der Waals surface area contributed by atoms with Crippen molar-refractivity contribution in [1.29, 1.82) is 0 Å². The first-order valence-corrected chi connectivity index (χ1v) is 7.56. The summed E-state index contributed by atoms with van der Waals surface area (Å²) in [5.41, 5.74) is 7.65. The molecule has 0 bridgehead atoms. The summed E-state index contributed by atoms with van der Waals surface area (Å²) in [6.45, 7) is 4.09. The molecular weight excluding hydrogens is 236 g/mol. The Morgan fingerprint density at radius 3 is 2.71 bits per heavy atom. The van der Waals surface area contributed by atoms with Gasteiger partial charge in [-0.1, -0.05) is 6.92 Å². The maximum atomic E-state index is 11.0. The molecule has 1 rings (SSSR count). The molecule has 1 aromatic rings. The molecule has 0 aliphatic carbocycles. The molecule has 6 heteroatoms. The number of aryl methyl sites for hydroxylation is 2. The van der Waals surface area contributed by atoms with Gasteiger partial charge in [0.2, 0.25) is 0 Å². The first kappa shape index (κ1) is 14.0. The third-order valence-corrected chi connectivity index (χ3v) is 3.53. The smallest absolute Gasteiger partial charge is 0.147 e. The number of nitrogens with two attached hydrogens (primary N) is 1. The number of nitrogens with one attached hydrogen (secondary N) is 1. The molecule has 0 saturated heterocycles. The zero-order valence-corrected chi connectivity index (χ0v) is 11.8. The number of aromatic nitrogens is 2. The zero-order valence-electron chi connectivity index (χ0n) is 11.0. The number of anilines is 2. The molecule has 0 spiro atoms. The van der Waals surface area contributed by atoms with E-state index in [-0.39, 0.29) is 6.04 Å². The van der Waals surface area contributed by atoms with Crippen LogP contribution in [-0.2, 0) is 24.3 Å². The van der Waals surface area contributed by atoms with Crippen LogP contribution in [0.4, 0.5) is 11.5 Å². The molecule has 1 aromatic heterocycles. The van der Waals surface area contributed by atoms with Gasteiger partial charge in [-0.05, 0) is 19.8 Å². The molecule has 1 heterocycles. The lowest BCUT2D eigenvalue weighted by molar-refractivity contribution is 0.675. The summed E-state index contributed by atoms with van der Waals surface area (Å²) in [7, 11) is 1.13. The van der Waals surface area contributed by atoms with Gasteiger partial charge in [0.15, 0.2) is 0 Å². The Morgan fingerprint density at radius 2 is 2.24 bits per heavy atom. The van der Waals surface area contributed by atoms with Crippen molar-refractivity contribution >= 4 is 22.3 Å². The highest BCUT2D eigenvalue weighted by molar-refractivity contribution is 7.84. The van der Waals surface area contributed by atoms with Crippen LogP contribution < -0.4 is 11.1 Å². The summed E-state index contributed by atoms with van der Waals surface area (Å²) in [5.74, 6) is 1.56. The lowest BCUT2D eigenvalue weighted by Crippen LogP contribution is -2.20. The molecule has 0 aliphatic rings. The Labute approximate surface area is 105 Å². The third kappa shape index (κ3) is 3.73. The minimum atomic E-state index is -0.745. The lowest BCUT2D eigenvalue weighted by atomic mass is 10.2. The van der Waals surface area contributed by atoms with Crippen molar-refractivity contribution in [3.8, 4) is 0 Å². The third-order valence-electron chi connectivity index (χ3n) is 2.72. The second kappa shape index (κ2) is 6.05. The van der Waals surface area contributed by atoms with Gasteiger partial charge in [-0.15, -0.1) is 0 Å². The maximum absolute atomic E-state index is 11.0. The number of rotatable bonds is 6. The average molecular weight is 258 g/mol. The lowest BCUT2D eigenvalue weighted by Gasteiger charge is -2.15. The molecule has 3 N–H and O–H groups in total. The monoisotopic (exact) mass is 258 g/mol. The molecule has 17 heavy (non-hydrogen) atoms. The highest BCUT2D eigenvalue weighted by Gasteiger charge is 2.13. The minimum Gasteiger partial charge on any atom is -0.394 e. The van der Waals surface area contributed by atoms with Crippen LogP contribution in [0.15, 0.2) is 0 Å². The summed E-state index contributed by atoms with van der Waals surface area (Å²) in [4.78, 5) is 0. The van der Waals surface area contributed by atoms with Crippen molar-refractivity contribution in [3.05, 3.63) is 5.69 Å². The van der Waals surface area contributed by atoms with Crippen LogP contribution in [0.25, 0.3) is 0 Å². The van der Waals surface area contributed by atoms with Gasteiger partial charge in [0.05, 0.1) is 11.4 Å². The van der Waals surface area contributed by atoms with Gasteiger partial charge in [0.25, 0.3) is 0 Å². The van der Waals surface area contributed by atoms with Crippen LogP contribution in [0.2, 0.25) is 0 Å². The molecule has 98 valence electrons. The molecule has 0 saturated carbocycles. The van der Waals surface area contributed by atoms with E-state index in [2.05, 4.69) is 17.3 Å². The van der Waals surface area contributed by atoms with Crippen molar-refractivity contribution in [2.75, 3.05) is 23.1 Å². The molecule has 2 unspecified atom stereocenters. The van der Waals surface area contributed by atoms with Crippen LogP contribution in [0, 0.1) is 0 Å². The van der Waals surface area contributed by atoms with Gasteiger partial charge in [0.1, 0.15) is 5.82 Å². The predicted octanol–water partition coefficient (Wildman–Crippen LogP) is 1.13. The van der Waals surface area contributed by atoms with Crippen LogP contribution in [0.5, 0.6) is 0 Å². The van der Waals surface area contributed by atoms with Crippen LogP contribution in [0.1, 0.15) is 26.0 Å². The van der Waals surface area contributed by atoms with Crippen molar-refractivity contribution in [2.45, 2.75) is 32.7 Å². The van der Waals surface area contributed by atoms with E-state index in [9.17, 15) is 4.21 Å². The van der Waals surface area contributed by atoms with Gasteiger partial charge in [-0.25, -0.2) is 0 Å². The molecule has 0 fully saturated rings. The van der Waals surface area contributed by atoms with E-state index in [1.54, 1.807) is 10.9 Å². The van der Waals surface area contributed by atoms with Crippen LogP contribution >= 0.6 is 0 Å². The molecule has 0 radical (unpaired) electrons. The Morgan fingerprint density at radius 1 is 1.59 bits per heavy atom. The Hall–Kier alpha value is -1.04. The first-order valence-electron chi connectivity index (χ1n) is 5.83. The van der Waals surface area contributed by atoms with E-state index in [1.807, 2.05) is 14.0 Å². The molecular formula is C11H22N4OS. The molecule has 0 aliphatic heterocycles. The standard InChI is InChI=1S/C11H22N4OS/c1-5-9-10(12)11(15(3)14-9)13-8(2)6-7-17(4)16/h8,13H,5-7,12H2,1-4H3. The Kier molecular flexibility index (Phi) is 4.99. The van der Waals surface area contributed by atoms with Gasteiger partial charge in [0, 0.05) is 35.9 Å². The quantitative estimate of drug-likeness (QED) is 0.802. The molecule has 0 amide bonds. The largest absolute Gasteiger partial charge is 0.394 e. The van der Waals surface area contributed by atoms with Crippen molar-refractivity contribution < 1.29 is 4.21 Å². The minimum absolute atomic E-state index is 0.237. The highest BCUT2D eigenvalue weighted by atomic mass is 32.2. The summed E-state index contributed by atoms with van der Waals surface area (Å²) in [6, 6.07) is 0.237. The second-order valence-electron chi connectivity index (χ2n) is 4.30. The Bertz CT molecular complexity index is 402. The van der Waals surface area contributed by atoms with Gasteiger partial charge < -0.3 is 11.1 Å². The summed E-state index contributed by atoms with van der Waals surface area (Å²) >= 11 is 0. The molecule has 2 atom stereocenters. The topological polar surface area (TPSA) is 72.9 Å². The summed E-state index contributed by atoms with van der Waals surface area (Å²) in [5, 5.41) is 7.68. The number of hydrogen-bond donors (Lipinski definition) is 2. The SMILES string of the molecule is CCc1nn(C)c(NC(C)CCS(C)=O)c1N. The average Bonchev–Trinajstić information content (AvgIpc) is 2.53. The maximum Gasteiger partial charge on any atom is 0.147 e. The fraction of sp³-hybridized carbons (Fsp3) is 0.727. The van der Waals surface area contributed by atoms with Crippen molar-refractivity contribution in [3.63, 3.8) is 0 Å². The van der Waals surface area contributed by atoms with Crippen LogP contribution in [0.3, 0.4) is 0 Å². The first-order chi connectivity index (χ1) is 7.95. The highest BCUT2D eigenvalue weighted by Crippen LogP contribution is 2.23. The molecule has 5 nitrogen and oxygen atoms in total. The van der Waals surface area contributed by atoms with E-state index in [1.165, 1.54) is 0 Å². The van der Waals surface area contributed by atoms with Gasteiger partial charge in [-0.2, -0.15) is 5.10 Å². The molecule has 0 aromatic carbocycles. The summed E-state index contributed by atoms with van der Waals surface area (Å²) < 4.78 is 12.8. The Balaban J connectivity index is 2.67. The second-order valence-corrected chi connectivity index (χ2v) is 5.85.